The van der Waals surface area contributed by atoms with Crippen LogP contribution in [0.3, 0.4) is 0 Å². The summed E-state index contributed by atoms with van der Waals surface area (Å²) < 4.78 is 0. The number of amides is 1. The monoisotopic (exact) mass is 274 g/mol. The van der Waals surface area contributed by atoms with Crippen molar-refractivity contribution in [2.75, 3.05) is 11.9 Å². The van der Waals surface area contributed by atoms with E-state index in [0.29, 0.717) is 11.9 Å². The lowest BCUT2D eigenvalue weighted by Crippen LogP contribution is -2.46. The number of carbonyl (C=O) groups excluding carboxylic acids is 1. The summed E-state index contributed by atoms with van der Waals surface area (Å²) in [4.78, 5) is 14.9. The summed E-state index contributed by atoms with van der Waals surface area (Å²) in [7, 11) is 0. The molecule has 2 unspecified atom stereocenters. The predicted molar refractivity (Wildman–Crippen MR) is 76.4 cm³/mol. The molecule has 2 fully saturated rings. The van der Waals surface area contributed by atoms with Gasteiger partial charge in [0.25, 0.3) is 0 Å². The fourth-order valence-electron chi connectivity index (χ4n) is 3.67. The smallest absolute Gasteiger partial charge is 0.245 e. The van der Waals surface area contributed by atoms with Crippen molar-refractivity contribution in [3.8, 4) is 0 Å². The second kappa shape index (κ2) is 4.79. The number of likely N-dealkylation sites (tertiary alicyclic amines) is 1. The minimum Gasteiger partial charge on any atom is -0.359 e. The average Bonchev–Trinajstić information content (AvgIpc) is 2.98. The van der Waals surface area contributed by atoms with Crippen molar-refractivity contribution in [3.63, 3.8) is 0 Å². The molecule has 1 saturated carbocycles. The molecule has 3 aliphatic rings. The number of aromatic amines is 1. The maximum Gasteiger partial charge on any atom is 0.245 e. The Morgan fingerprint density at radius 3 is 3.10 bits per heavy atom. The second-order valence-electron chi connectivity index (χ2n) is 6.51. The molecule has 2 aliphatic heterocycles. The number of aromatic nitrogens is 2. The van der Waals surface area contributed by atoms with Gasteiger partial charge in [-0.05, 0) is 38.0 Å². The van der Waals surface area contributed by atoms with Gasteiger partial charge in [0, 0.05) is 18.2 Å². The van der Waals surface area contributed by atoms with Crippen LogP contribution in [0, 0.1) is 5.92 Å². The number of aryl methyl sites for hydroxylation is 1. The van der Waals surface area contributed by atoms with Crippen molar-refractivity contribution in [1.29, 1.82) is 0 Å². The fourth-order valence-corrected chi connectivity index (χ4v) is 3.67. The number of fused-ring (bicyclic) bond motifs is 1. The quantitative estimate of drug-likeness (QED) is 0.885. The summed E-state index contributed by atoms with van der Waals surface area (Å²) in [5.41, 5.74) is 1.20. The van der Waals surface area contributed by atoms with Gasteiger partial charge in [-0.3, -0.25) is 9.89 Å². The molecule has 0 radical (unpaired) electrons. The van der Waals surface area contributed by atoms with Gasteiger partial charge < -0.3 is 10.2 Å². The van der Waals surface area contributed by atoms with E-state index in [9.17, 15) is 4.79 Å². The van der Waals surface area contributed by atoms with Gasteiger partial charge >= 0.3 is 0 Å². The first-order valence-corrected chi connectivity index (χ1v) is 7.90. The highest BCUT2D eigenvalue weighted by molar-refractivity contribution is 5.85. The van der Waals surface area contributed by atoms with E-state index in [0.717, 1.165) is 31.1 Å². The molecule has 0 spiro atoms. The number of hydrogen-bond donors (Lipinski definition) is 2. The third-order valence-corrected chi connectivity index (χ3v) is 5.00. The van der Waals surface area contributed by atoms with Gasteiger partial charge in [-0.1, -0.05) is 12.8 Å². The Morgan fingerprint density at radius 2 is 2.25 bits per heavy atom. The maximum absolute atomic E-state index is 12.8. The van der Waals surface area contributed by atoms with Gasteiger partial charge in [0.05, 0.1) is 6.20 Å². The molecule has 108 valence electrons. The van der Waals surface area contributed by atoms with Crippen molar-refractivity contribution < 1.29 is 4.79 Å². The van der Waals surface area contributed by atoms with Gasteiger partial charge in [-0.15, -0.1) is 0 Å². The van der Waals surface area contributed by atoms with Crippen LogP contribution in [0.4, 0.5) is 5.82 Å². The van der Waals surface area contributed by atoms with Crippen LogP contribution in [0.15, 0.2) is 6.20 Å². The number of nitrogens with one attached hydrogen (secondary N) is 2. The molecule has 0 bridgehead atoms. The fraction of sp³-hybridized carbons (Fsp3) is 0.733. The summed E-state index contributed by atoms with van der Waals surface area (Å²) >= 11 is 0. The van der Waals surface area contributed by atoms with Gasteiger partial charge in [-0.25, -0.2) is 0 Å². The zero-order valence-electron chi connectivity index (χ0n) is 11.8. The van der Waals surface area contributed by atoms with E-state index < -0.39 is 0 Å². The van der Waals surface area contributed by atoms with E-state index >= 15 is 0 Å². The van der Waals surface area contributed by atoms with Gasteiger partial charge in [-0.2, -0.15) is 5.10 Å². The van der Waals surface area contributed by atoms with Crippen molar-refractivity contribution >= 4 is 11.7 Å². The van der Waals surface area contributed by atoms with Crippen LogP contribution in [-0.2, 0) is 11.2 Å². The Balaban J connectivity index is 1.44. The van der Waals surface area contributed by atoms with Crippen molar-refractivity contribution in [2.24, 2.45) is 5.92 Å². The molecule has 1 saturated heterocycles. The van der Waals surface area contributed by atoms with Crippen LogP contribution >= 0.6 is 0 Å². The van der Waals surface area contributed by atoms with Gasteiger partial charge in [0.15, 0.2) is 0 Å². The highest BCUT2D eigenvalue weighted by atomic mass is 16.2. The van der Waals surface area contributed by atoms with Gasteiger partial charge in [0.1, 0.15) is 11.9 Å². The molecule has 1 amide bonds. The van der Waals surface area contributed by atoms with Gasteiger partial charge in [0.2, 0.25) is 5.91 Å². The summed E-state index contributed by atoms with van der Waals surface area (Å²) in [5.74, 6) is 2.13. The number of H-pyrrole nitrogens is 1. The maximum atomic E-state index is 12.8. The lowest BCUT2D eigenvalue weighted by molar-refractivity contribution is -0.133. The summed E-state index contributed by atoms with van der Waals surface area (Å²) in [5, 5.41) is 10.3. The molecular weight excluding hydrogens is 252 g/mol. The normalized spacial score (nSPS) is 29.1. The van der Waals surface area contributed by atoms with Crippen molar-refractivity contribution in [1.82, 2.24) is 15.1 Å². The zero-order chi connectivity index (χ0) is 13.5. The minimum absolute atomic E-state index is 0.0669. The van der Waals surface area contributed by atoms with Crippen LogP contribution in [0.25, 0.3) is 0 Å². The Kier molecular flexibility index (Phi) is 2.93. The lowest BCUT2D eigenvalue weighted by Gasteiger charge is -2.31. The molecule has 4 rings (SSSR count). The van der Waals surface area contributed by atoms with E-state index in [2.05, 4.69) is 20.4 Å². The average molecular weight is 274 g/mol. The molecule has 2 N–H and O–H groups in total. The van der Waals surface area contributed by atoms with E-state index in [-0.39, 0.29) is 6.04 Å². The lowest BCUT2D eigenvalue weighted by atomic mass is 10.0. The second-order valence-corrected chi connectivity index (χ2v) is 6.51. The number of anilines is 1. The minimum atomic E-state index is -0.0669. The molecule has 20 heavy (non-hydrogen) atoms. The van der Waals surface area contributed by atoms with Crippen LogP contribution in [0.2, 0.25) is 0 Å². The van der Waals surface area contributed by atoms with Crippen LogP contribution < -0.4 is 5.32 Å². The molecular formula is C15H22N4O. The van der Waals surface area contributed by atoms with Crippen LogP contribution in [-0.4, -0.2) is 39.6 Å². The number of nitrogens with zero attached hydrogens (tertiary/aromatic N) is 2. The molecule has 2 atom stereocenters. The highest BCUT2D eigenvalue weighted by Crippen LogP contribution is 2.37. The molecule has 5 heteroatoms. The number of hydrogen-bond acceptors (Lipinski definition) is 3. The zero-order valence-corrected chi connectivity index (χ0v) is 11.8. The summed E-state index contributed by atoms with van der Waals surface area (Å²) in [6.07, 6.45) is 10.0. The van der Waals surface area contributed by atoms with E-state index in [1.54, 1.807) is 0 Å². The first-order valence-electron chi connectivity index (χ1n) is 7.90. The Bertz CT molecular complexity index is 508. The highest BCUT2D eigenvalue weighted by Gasteiger charge is 2.37. The Morgan fingerprint density at radius 1 is 1.35 bits per heavy atom. The molecule has 3 heterocycles. The topological polar surface area (TPSA) is 61.0 Å². The van der Waals surface area contributed by atoms with Crippen molar-refractivity contribution in [2.45, 2.75) is 57.0 Å². The van der Waals surface area contributed by atoms with Crippen LogP contribution in [0.5, 0.6) is 0 Å². The van der Waals surface area contributed by atoms with Crippen molar-refractivity contribution in [3.05, 3.63) is 11.8 Å². The largest absolute Gasteiger partial charge is 0.359 e. The van der Waals surface area contributed by atoms with E-state index in [4.69, 9.17) is 0 Å². The van der Waals surface area contributed by atoms with E-state index in [1.807, 2.05) is 6.20 Å². The SMILES string of the molecule is O=C(C1CCc2cn[nH]c2N1)N1CCCC1CC1CC1. The number of carbonyl (C=O) groups is 1. The predicted octanol–water partition coefficient (Wildman–Crippen LogP) is 1.93. The third kappa shape index (κ3) is 2.19. The summed E-state index contributed by atoms with van der Waals surface area (Å²) in [6, 6.07) is 0.433. The number of rotatable bonds is 3. The molecule has 1 aliphatic carbocycles. The molecule has 1 aromatic heterocycles. The summed E-state index contributed by atoms with van der Waals surface area (Å²) in [6.45, 7) is 0.949. The Hall–Kier alpha value is -1.52. The van der Waals surface area contributed by atoms with Crippen LogP contribution in [0.1, 0.15) is 44.1 Å². The third-order valence-electron chi connectivity index (χ3n) is 5.00. The molecule has 5 nitrogen and oxygen atoms in total. The first kappa shape index (κ1) is 12.2. The molecule has 0 aromatic carbocycles. The molecule has 1 aromatic rings. The first-order chi connectivity index (χ1) is 9.81. The Labute approximate surface area is 119 Å². The standard InChI is InChI=1S/C15H22N4O/c20-15(13-6-5-11-9-16-18-14(11)17-13)19-7-1-2-12(19)8-10-3-4-10/h9-10,12-13H,1-8H2,(H2,16,17,18). The van der Waals surface area contributed by atoms with E-state index in [1.165, 1.54) is 37.7 Å².